The zero-order chi connectivity index (χ0) is 14.3. The largest absolute Gasteiger partial charge is 0.385 e. The Morgan fingerprint density at radius 3 is 2.26 bits per heavy atom. The lowest BCUT2D eigenvalue weighted by Crippen LogP contribution is -2.24. The standard InChI is InChI=1S/C16H27NO2/c1-12-9-13(2)16(14(3)10-12)15(17-4)11-19-8-6-7-18-5/h9-10,15,17H,6-8,11H2,1-5H3. The molecular weight excluding hydrogens is 238 g/mol. The van der Waals surface area contributed by atoms with E-state index >= 15 is 0 Å². The molecule has 0 saturated heterocycles. The van der Waals surface area contributed by atoms with Crippen LogP contribution >= 0.6 is 0 Å². The third kappa shape index (κ3) is 4.94. The molecule has 0 heterocycles. The van der Waals surface area contributed by atoms with E-state index < -0.39 is 0 Å². The molecular formula is C16H27NO2. The molecule has 0 bridgehead atoms. The zero-order valence-corrected chi connectivity index (χ0v) is 12.9. The number of aryl methyl sites for hydroxylation is 3. The summed E-state index contributed by atoms with van der Waals surface area (Å²) in [5, 5.41) is 3.35. The summed E-state index contributed by atoms with van der Waals surface area (Å²) in [6, 6.07) is 4.72. The van der Waals surface area contributed by atoms with Gasteiger partial charge in [0.2, 0.25) is 0 Å². The Kier molecular flexibility index (Phi) is 7.06. The number of ether oxygens (including phenoxy) is 2. The van der Waals surface area contributed by atoms with Crippen molar-refractivity contribution >= 4 is 0 Å². The summed E-state index contributed by atoms with van der Waals surface area (Å²) in [5.41, 5.74) is 5.34. The molecule has 1 aromatic carbocycles. The highest BCUT2D eigenvalue weighted by molar-refractivity contribution is 5.39. The summed E-state index contributed by atoms with van der Waals surface area (Å²) in [4.78, 5) is 0. The van der Waals surface area contributed by atoms with E-state index in [4.69, 9.17) is 9.47 Å². The van der Waals surface area contributed by atoms with Crippen LogP contribution in [0.2, 0.25) is 0 Å². The van der Waals surface area contributed by atoms with Crippen LogP contribution < -0.4 is 5.32 Å². The Morgan fingerprint density at radius 1 is 1.11 bits per heavy atom. The maximum absolute atomic E-state index is 5.74. The van der Waals surface area contributed by atoms with E-state index in [2.05, 4.69) is 38.2 Å². The second kappa shape index (κ2) is 8.31. The molecule has 0 aliphatic rings. The molecule has 0 radical (unpaired) electrons. The van der Waals surface area contributed by atoms with Gasteiger partial charge in [0, 0.05) is 20.3 Å². The number of hydrogen-bond acceptors (Lipinski definition) is 3. The summed E-state index contributed by atoms with van der Waals surface area (Å²) in [7, 11) is 3.71. The van der Waals surface area contributed by atoms with E-state index in [0.29, 0.717) is 6.61 Å². The molecule has 1 unspecified atom stereocenters. The Labute approximate surface area is 117 Å². The summed E-state index contributed by atoms with van der Waals surface area (Å²) < 4.78 is 10.8. The number of hydrogen-bond donors (Lipinski definition) is 1. The Hall–Kier alpha value is -0.900. The number of likely N-dealkylation sites (N-methyl/N-ethyl adjacent to an activating group) is 1. The van der Waals surface area contributed by atoms with Crippen molar-refractivity contribution in [1.29, 1.82) is 0 Å². The van der Waals surface area contributed by atoms with Crippen LogP contribution in [0.15, 0.2) is 12.1 Å². The molecule has 3 heteroatoms. The minimum atomic E-state index is 0.253. The summed E-state index contributed by atoms with van der Waals surface area (Å²) in [5.74, 6) is 0. The van der Waals surface area contributed by atoms with E-state index in [1.54, 1.807) is 7.11 Å². The summed E-state index contributed by atoms with van der Waals surface area (Å²) in [6.07, 6.45) is 0.943. The maximum Gasteiger partial charge on any atom is 0.0661 e. The highest BCUT2D eigenvalue weighted by Crippen LogP contribution is 2.23. The van der Waals surface area contributed by atoms with Crippen molar-refractivity contribution < 1.29 is 9.47 Å². The van der Waals surface area contributed by atoms with Crippen LogP contribution in [-0.4, -0.2) is 34.0 Å². The Balaban J connectivity index is 2.64. The predicted octanol–water partition coefficient (Wildman–Crippen LogP) is 2.93. The van der Waals surface area contributed by atoms with Crippen molar-refractivity contribution in [3.05, 3.63) is 34.4 Å². The lowest BCUT2D eigenvalue weighted by atomic mass is 9.94. The number of benzene rings is 1. The van der Waals surface area contributed by atoms with Crippen molar-refractivity contribution in [1.82, 2.24) is 5.32 Å². The first-order valence-corrected chi connectivity index (χ1v) is 6.91. The fraction of sp³-hybridized carbons (Fsp3) is 0.625. The maximum atomic E-state index is 5.74. The van der Waals surface area contributed by atoms with Gasteiger partial charge in [-0.2, -0.15) is 0 Å². The smallest absolute Gasteiger partial charge is 0.0661 e. The second-order valence-electron chi connectivity index (χ2n) is 5.07. The minimum absolute atomic E-state index is 0.253. The second-order valence-corrected chi connectivity index (χ2v) is 5.07. The van der Waals surface area contributed by atoms with Crippen LogP contribution in [-0.2, 0) is 9.47 Å². The number of methoxy groups -OCH3 is 1. The van der Waals surface area contributed by atoms with Crippen LogP contribution in [0, 0.1) is 20.8 Å². The lowest BCUT2D eigenvalue weighted by Gasteiger charge is -2.22. The molecule has 0 spiro atoms. The molecule has 1 atom stereocenters. The van der Waals surface area contributed by atoms with Crippen LogP contribution in [0.25, 0.3) is 0 Å². The minimum Gasteiger partial charge on any atom is -0.385 e. The molecule has 0 aliphatic heterocycles. The SMILES string of the molecule is CNC(COCCCOC)c1c(C)cc(C)cc1C. The van der Waals surface area contributed by atoms with Crippen LogP contribution in [0.5, 0.6) is 0 Å². The zero-order valence-electron chi connectivity index (χ0n) is 12.9. The summed E-state index contributed by atoms with van der Waals surface area (Å²) >= 11 is 0. The quantitative estimate of drug-likeness (QED) is 0.733. The first-order valence-electron chi connectivity index (χ1n) is 6.91. The van der Waals surface area contributed by atoms with Crippen LogP contribution in [0.1, 0.15) is 34.7 Å². The number of nitrogens with one attached hydrogen (secondary N) is 1. The fourth-order valence-corrected chi connectivity index (χ4v) is 2.56. The predicted molar refractivity (Wildman–Crippen MR) is 79.8 cm³/mol. The van der Waals surface area contributed by atoms with Gasteiger partial charge < -0.3 is 14.8 Å². The van der Waals surface area contributed by atoms with Gasteiger partial charge in [-0.25, -0.2) is 0 Å². The van der Waals surface area contributed by atoms with Crippen molar-refractivity contribution in [3.63, 3.8) is 0 Å². The molecule has 1 rings (SSSR count). The van der Waals surface area contributed by atoms with Gasteiger partial charge in [0.15, 0.2) is 0 Å². The third-order valence-electron chi connectivity index (χ3n) is 3.36. The highest BCUT2D eigenvalue weighted by Gasteiger charge is 2.14. The van der Waals surface area contributed by atoms with Crippen molar-refractivity contribution in [2.24, 2.45) is 0 Å². The molecule has 3 nitrogen and oxygen atoms in total. The van der Waals surface area contributed by atoms with Crippen LogP contribution in [0.3, 0.4) is 0 Å². The average molecular weight is 265 g/mol. The first-order chi connectivity index (χ1) is 9.10. The lowest BCUT2D eigenvalue weighted by molar-refractivity contribution is 0.0887. The van der Waals surface area contributed by atoms with Crippen molar-refractivity contribution in [2.45, 2.75) is 33.2 Å². The monoisotopic (exact) mass is 265 g/mol. The van der Waals surface area contributed by atoms with E-state index in [1.807, 2.05) is 7.05 Å². The molecule has 1 aromatic rings. The van der Waals surface area contributed by atoms with Gasteiger partial charge >= 0.3 is 0 Å². The van der Waals surface area contributed by atoms with Crippen molar-refractivity contribution in [3.8, 4) is 0 Å². The van der Waals surface area contributed by atoms with Gasteiger partial charge in [0.05, 0.1) is 12.6 Å². The van der Waals surface area contributed by atoms with Gasteiger partial charge in [0.25, 0.3) is 0 Å². The Morgan fingerprint density at radius 2 is 1.74 bits per heavy atom. The van der Waals surface area contributed by atoms with E-state index in [9.17, 15) is 0 Å². The van der Waals surface area contributed by atoms with E-state index in [1.165, 1.54) is 22.3 Å². The normalized spacial score (nSPS) is 12.7. The molecule has 1 N–H and O–H groups in total. The van der Waals surface area contributed by atoms with E-state index in [0.717, 1.165) is 19.6 Å². The topological polar surface area (TPSA) is 30.5 Å². The highest BCUT2D eigenvalue weighted by atomic mass is 16.5. The molecule has 0 fully saturated rings. The van der Waals surface area contributed by atoms with E-state index in [-0.39, 0.29) is 6.04 Å². The van der Waals surface area contributed by atoms with Crippen molar-refractivity contribution in [2.75, 3.05) is 34.0 Å². The van der Waals surface area contributed by atoms with Gasteiger partial charge in [-0.15, -0.1) is 0 Å². The molecule has 19 heavy (non-hydrogen) atoms. The third-order valence-corrected chi connectivity index (χ3v) is 3.36. The molecule has 0 aromatic heterocycles. The Bertz CT molecular complexity index is 367. The molecule has 0 amide bonds. The molecule has 108 valence electrons. The fourth-order valence-electron chi connectivity index (χ4n) is 2.56. The number of rotatable bonds is 8. The van der Waals surface area contributed by atoms with Gasteiger partial charge in [-0.1, -0.05) is 17.7 Å². The first kappa shape index (κ1) is 16.2. The average Bonchev–Trinajstić information content (AvgIpc) is 2.35. The molecule has 0 aliphatic carbocycles. The summed E-state index contributed by atoms with van der Waals surface area (Å²) in [6.45, 7) is 8.68. The van der Waals surface area contributed by atoms with Crippen LogP contribution in [0.4, 0.5) is 0 Å². The van der Waals surface area contributed by atoms with Gasteiger partial charge in [-0.05, 0) is 50.9 Å². The van der Waals surface area contributed by atoms with Gasteiger partial charge in [0.1, 0.15) is 0 Å². The van der Waals surface area contributed by atoms with Gasteiger partial charge in [-0.3, -0.25) is 0 Å². The molecule has 0 saturated carbocycles.